The van der Waals surface area contributed by atoms with Crippen molar-refractivity contribution >= 4 is 34.9 Å². The van der Waals surface area contributed by atoms with Crippen molar-refractivity contribution in [1.82, 2.24) is 14.5 Å². The molecule has 3 aromatic rings. The summed E-state index contributed by atoms with van der Waals surface area (Å²) in [7, 11) is 1.53. The molecule has 184 valence electrons. The number of amides is 3. The number of likely N-dealkylation sites (tertiary alicyclic amines) is 1. The molecule has 3 amide bonds. The summed E-state index contributed by atoms with van der Waals surface area (Å²) >= 11 is 5.90. The van der Waals surface area contributed by atoms with Crippen LogP contribution in [0.15, 0.2) is 54.9 Å². The van der Waals surface area contributed by atoms with Crippen molar-refractivity contribution in [2.45, 2.75) is 38.3 Å². The van der Waals surface area contributed by atoms with Crippen molar-refractivity contribution < 1.29 is 18.7 Å². The van der Waals surface area contributed by atoms with E-state index in [1.54, 1.807) is 42.7 Å². The Labute approximate surface area is 208 Å². The van der Waals surface area contributed by atoms with Gasteiger partial charge in [-0.1, -0.05) is 25.4 Å². The summed E-state index contributed by atoms with van der Waals surface area (Å²) in [6.07, 6.45) is 3.41. The first-order valence-corrected chi connectivity index (χ1v) is 11.6. The summed E-state index contributed by atoms with van der Waals surface area (Å²) in [5.74, 6) is -0.112. The molecule has 2 atom stereocenters. The van der Waals surface area contributed by atoms with E-state index in [-0.39, 0.29) is 24.3 Å². The third-order valence-electron chi connectivity index (χ3n) is 5.93. The molecular formula is C25H27ClFN5O3. The van der Waals surface area contributed by atoms with Crippen LogP contribution in [0.1, 0.15) is 32.0 Å². The maximum atomic E-state index is 15.0. The van der Waals surface area contributed by atoms with Crippen LogP contribution in [0.2, 0.25) is 5.02 Å². The van der Waals surface area contributed by atoms with E-state index >= 15 is 0 Å². The lowest BCUT2D eigenvalue weighted by atomic mass is 10.1. The van der Waals surface area contributed by atoms with E-state index in [1.807, 2.05) is 18.4 Å². The average molecular weight is 500 g/mol. The van der Waals surface area contributed by atoms with E-state index in [4.69, 9.17) is 16.3 Å². The summed E-state index contributed by atoms with van der Waals surface area (Å²) in [4.78, 5) is 31.8. The fourth-order valence-corrected chi connectivity index (χ4v) is 4.23. The van der Waals surface area contributed by atoms with E-state index < -0.39 is 23.8 Å². The first-order chi connectivity index (χ1) is 16.8. The van der Waals surface area contributed by atoms with Gasteiger partial charge >= 0.3 is 6.03 Å². The Hall–Kier alpha value is -3.43. The summed E-state index contributed by atoms with van der Waals surface area (Å²) < 4.78 is 22.2. The molecule has 0 bridgehead atoms. The number of imidazole rings is 1. The number of anilines is 2. The number of halogens is 2. The standard InChI is InChI=1S/C25H27ClFN5O3/c1-15(2)23-28-10-11-31(23)18-8-9-21(20(27)12-18)30-24(33)22-13-19(35-3)14-32(22)25(34)29-17-6-4-16(26)5-7-17/h4-12,15,19,22H,13-14H2,1-3H3,(H,29,34)(H,30,33)/t19-,22-/m1/s1. The Kier molecular flexibility index (Phi) is 7.37. The van der Waals surface area contributed by atoms with Crippen LogP contribution in [0.25, 0.3) is 5.69 Å². The number of ether oxygens (including phenoxy) is 1. The summed E-state index contributed by atoms with van der Waals surface area (Å²) in [5.41, 5.74) is 1.18. The molecule has 8 nitrogen and oxygen atoms in total. The maximum absolute atomic E-state index is 15.0. The lowest BCUT2D eigenvalue weighted by Gasteiger charge is -2.24. The highest BCUT2D eigenvalue weighted by atomic mass is 35.5. The predicted molar refractivity (Wildman–Crippen MR) is 133 cm³/mol. The number of carbonyl (C=O) groups is 2. The molecule has 35 heavy (non-hydrogen) atoms. The zero-order valence-electron chi connectivity index (χ0n) is 19.7. The van der Waals surface area contributed by atoms with Crippen LogP contribution in [-0.4, -0.2) is 52.2 Å². The Bertz CT molecular complexity index is 1210. The van der Waals surface area contributed by atoms with E-state index in [1.165, 1.54) is 24.1 Å². The quantitative estimate of drug-likeness (QED) is 0.497. The van der Waals surface area contributed by atoms with Gasteiger partial charge in [-0.2, -0.15) is 0 Å². The lowest BCUT2D eigenvalue weighted by molar-refractivity contribution is -0.119. The number of benzene rings is 2. The van der Waals surface area contributed by atoms with Gasteiger partial charge in [0.1, 0.15) is 17.7 Å². The largest absolute Gasteiger partial charge is 0.380 e. The highest BCUT2D eigenvalue weighted by Crippen LogP contribution is 2.26. The van der Waals surface area contributed by atoms with Crippen molar-refractivity contribution in [3.05, 3.63) is 71.5 Å². The van der Waals surface area contributed by atoms with Gasteiger partial charge in [-0.3, -0.25) is 4.79 Å². The van der Waals surface area contributed by atoms with Crippen LogP contribution in [0.3, 0.4) is 0 Å². The Morgan fingerprint density at radius 3 is 2.57 bits per heavy atom. The molecule has 2 heterocycles. The van der Waals surface area contributed by atoms with Crippen LogP contribution in [0.5, 0.6) is 0 Å². The first-order valence-electron chi connectivity index (χ1n) is 11.3. The molecule has 0 spiro atoms. The molecular weight excluding hydrogens is 473 g/mol. The number of aromatic nitrogens is 2. The SMILES string of the molecule is CO[C@@H]1C[C@H](C(=O)Nc2ccc(-n3ccnc3C(C)C)cc2F)N(C(=O)Nc2ccc(Cl)cc2)C1. The molecule has 0 radical (unpaired) electrons. The second kappa shape index (κ2) is 10.5. The summed E-state index contributed by atoms with van der Waals surface area (Å²) in [6, 6.07) is 9.94. The number of hydrogen-bond donors (Lipinski definition) is 2. The molecule has 2 aromatic carbocycles. The van der Waals surface area contributed by atoms with Crippen LogP contribution in [0, 0.1) is 5.82 Å². The lowest BCUT2D eigenvalue weighted by Crippen LogP contribution is -2.45. The Morgan fingerprint density at radius 2 is 1.91 bits per heavy atom. The third kappa shape index (κ3) is 5.47. The fourth-order valence-electron chi connectivity index (χ4n) is 4.10. The second-order valence-corrected chi connectivity index (χ2v) is 9.10. The molecule has 10 heteroatoms. The zero-order valence-corrected chi connectivity index (χ0v) is 20.4. The number of urea groups is 1. The Balaban J connectivity index is 1.49. The summed E-state index contributed by atoms with van der Waals surface area (Å²) in [6.45, 7) is 4.25. The molecule has 0 saturated carbocycles. The van der Waals surface area contributed by atoms with E-state index in [9.17, 15) is 14.0 Å². The van der Waals surface area contributed by atoms with E-state index in [2.05, 4.69) is 15.6 Å². The van der Waals surface area contributed by atoms with Crippen molar-refractivity contribution in [2.24, 2.45) is 0 Å². The molecule has 1 aliphatic heterocycles. The number of hydrogen-bond acceptors (Lipinski definition) is 4. The first kappa shape index (κ1) is 24.7. The number of nitrogens with zero attached hydrogens (tertiary/aromatic N) is 3. The highest BCUT2D eigenvalue weighted by Gasteiger charge is 2.40. The van der Waals surface area contributed by atoms with Gasteiger partial charge in [-0.15, -0.1) is 0 Å². The molecule has 1 aliphatic rings. The smallest absolute Gasteiger partial charge is 0.322 e. The molecule has 0 aliphatic carbocycles. The van der Waals surface area contributed by atoms with Crippen molar-refractivity contribution in [1.29, 1.82) is 0 Å². The zero-order chi connectivity index (χ0) is 25.1. The molecule has 2 N–H and O–H groups in total. The van der Waals surface area contributed by atoms with Crippen molar-refractivity contribution in [3.8, 4) is 5.69 Å². The van der Waals surface area contributed by atoms with Gasteiger partial charge < -0.3 is 24.8 Å². The maximum Gasteiger partial charge on any atom is 0.322 e. The number of carbonyl (C=O) groups excluding carboxylic acids is 2. The van der Waals surface area contributed by atoms with Crippen LogP contribution in [-0.2, 0) is 9.53 Å². The normalized spacial score (nSPS) is 17.6. The molecule has 0 unspecified atom stereocenters. The summed E-state index contributed by atoms with van der Waals surface area (Å²) in [5, 5.41) is 5.94. The number of nitrogens with one attached hydrogen (secondary N) is 2. The minimum absolute atomic E-state index is 0.0314. The minimum atomic E-state index is -0.826. The van der Waals surface area contributed by atoms with Gasteiger partial charge in [0.05, 0.1) is 11.8 Å². The van der Waals surface area contributed by atoms with Crippen LogP contribution < -0.4 is 10.6 Å². The third-order valence-corrected chi connectivity index (χ3v) is 6.18. The van der Waals surface area contributed by atoms with Gasteiger partial charge in [-0.25, -0.2) is 14.2 Å². The van der Waals surface area contributed by atoms with Crippen LogP contribution >= 0.6 is 11.6 Å². The van der Waals surface area contributed by atoms with Crippen LogP contribution in [0.4, 0.5) is 20.6 Å². The van der Waals surface area contributed by atoms with Gasteiger partial charge in [0.25, 0.3) is 0 Å². The molecule has 1 aromatic heterocycles. The topological polar surface area (TPSA) is 88.5 Å². The average Bonchev–Trinajstić information content (AvgIpc) is 3.49. The predicted octanol–water partition coefficient (Wildman–Crippen LogP) is 5.05. The van der Waals surface area contributed by atoms with Gasteiger partial charge in [0.15, 0.2) is 0 Å². The fraction of sp³-hybridized carbons (Fsp3) is 0.320. The molecule has 1 saturated heterocycles. The van der Waals surface area contributed by atoms with E-state index in [0.29, 0.717) is 22.8 Å². The monoisotopic (exact) mass is 499 g/mol. The van der Waals surface area contributed by atoms with Crippen molar-refractivity contribution in [2.75, 3.05) is 24.3 Å². The van der Waals surface area contributed by atoms with E-state index in [0.717, 1.165) is 5.82 Å². The highest BCUT2D eigenvalue weighted by molar-refractivity contribution is 6.30. The number of rotatable bonds is 6. The molecule has 1 fully saturated rings. The van der Waals surface area contributed by atoms with Crippen molar-refractivity contribution in [3.63, 3.8) is 0 Å². The number of methoxy groups -OCH3 is 1. The Morgan fingerprint density at radius 1 is 1.17 bits per heavy atom. The van der Waals surface area contributed by atoms with Gasteiger partial charge in [-0.05, 0) is 36.4 Å². The second-order valence-electron chi connectivity index (χ2n) is 8.66. The minimum Gasteiger partial charge on any atom is -0.380 e. The van der Waals surface area contributed by atoms with Gasteiger partial charge in [0, 0.05) is 60.9 Å². The van der Waals surface area contributed by atoms with Gasteiger partial charge in [0.2, 0.25) is 5.91 Å². The molecule has 4 rings (SSSR count).